The zero-order chi connectivity index (χ0) is 23.8. The van der Waals surface area contributed by atoms with Gasteiger partial charge in [-0.05, 0) is 37.1 Å². The lowest BCUT2D eigenvalue weighted by Gasteiger charge is -2.09. The maximum Gasteiger partial charge on any atom is 0.416 e. The Labute approximate surface area is 184 Å². The topological polar surface area (TPSA) is 112 Å². The number of aromatic nitrogens is 3. The number of nitro benzene ring substituents is 1. The Morgan fingerprint density at radius 2 is 1.88 bits per heavy atom. The molecule has 1 aliphatic carbocycles. The standard InChI is InChI=1S/C21H18F3N5O4/c22-21(23,24)15-3-1-2-14(12-15)18-26-27(20(31)28(18)16-8-9-16)11-10-25-19(30)13-4-6-17(7-5-13)29(32)33/h1-7,12,16H,8-11H2,(H,25,30). The van der Waals surface area contributed by atoms with Gasteiger partial charge in [0.15, 0.2) is 5.82 Å². The van der Waals surface area contributed by atoms with E-state index in [1.807, 2.05) is 0 Å². The van der Waals surface area contributed by atoms with Crippen LogP contribution in [-0.2, 0) is 12.7 Å². The van der Waals surface area contributed by atoms with Crippen LogP contribution in [0.2, 0.25) is 0 Å². The highest BCUT2D eigenvalue weighted by Gasteiger charge is 2.33. The number of carbonyl (C=O) groups is 1. The molecule has 1 heterocycles. The van der Waals surface area contributed by atoms with E-state index >= 15 is 0 Å². The van der Waals surface area contributed by atoms with E-state index in [-0.39, 0.29) is 41.8 Å². The van der Waals surface area contributed by atoms with Gasteiger partial charge >= 0.3 is 11.9 Å². The van der Waals surface area contributed by atoms with Crippen molar-refractivity contribution < 1.29 is 22.9 Å². The van der Waals surface area contributed by atoms with Gasteiger partial charge in [-0.25, -0.2) is 9.48 Å². The molecule has 3 aromatic rings. The van der Waals surface area contributed by atoms with Gasteiger partial charge in [0.2, 0.25) is 0 Å². The maximum atomic E-state index is 13.1. The summed E-state index contributed by atoms with van der Waals surface area (Å²) in [5.74, 6) is -0.340. The van der Waals surface area contributed by atoms with Crippen LogP contribution in [0.1, 0.15) is 34.8 Å². The quantitative estimate of drug-likeness (QED) is 0.428. The molecule has 0 atom stereocenters. The molecule has 0 bridgehead atoms. The third-order valence-electron chi connectivity index (χ3n) is 5.18. The zero-order valence-electron chi connectivity index (χ0n) is 17.1. The van der Waals surface area contributed by atoms with Crippen molar-refractivity contribution in [2.24, 2.45) is 0 Å². The molecule has 2 aromatic carbocycles. The summed E-state index contributed by atoms with van der Waals surface area (Å²) in [7, 11) is 0. The van der Waals surface area contributed by atoms with E-state index in [0.29, 0.717) is 0 Å². The molecule has 1 fully saturated rings. The van der Waals surface area contributed by atoms with E-state index in [9.17, 15) is 32.9 Å². The monoisotopic (exact) mass is 461 g/mol. The summed E-state index contributed by atoms with van der Waals surface area (Å²) in [6.45, 7) is 0.0304. The molecule has 0 aliphatic heterocycles. The molecule has 0 unspecified atom stereocenters. The molecule has 1 aliphatic rings. The predicted octanol–water partition coefficient (Wildman–Crippen LogP) is 3.40. The van der Waals surface area contributed by atoms with Gasteiger partial charge in [0.05, 0.1) is 17.0 Å². The summed E-state index contributed by atoms with van der Waals surface area (Å²) in [6.07, 6.45) is -3.06. The molecule has 1 saturated carbocycles. The number of hydrogen-bond donors (Lipinski definition) is 1. The number of amides is 1. The zero-order valence-corrected chi connectivity index (χ0v) is 17.1. The van der Waals surface area contributed by atoms with Gasteiger partial charge in [0.25, 0.3) is 11.6 Å². The van der Waals surface area contributed by atoms with E-state index in [1.54, 1.807) is 0 Å². The Balaban J connectivity index is 1.51. The average Bonchev–Trinajstić information content (AvgIpc) is 3.57. The fraction of sp³-hybridized carbons (Fsp3) is 0.286. The van der Waals surface area contributed by atoms with Crippen molar-refractivity contribution in [3.05, 3.63) is 80.3 Å². The van der Waals surface area contributed by atoms with Gasteiger partial charge in [-0.15, -0.1) is 5.10 Å². The van der Waals surface area contributed by atoms with Crippen LogP contribution in [0.25, 0.3) is 11.4 Å². The van der Waals surface area contributed by atoms with E-state index in [0.717, 1.165) is 29.7 Å². The lowest BCUT2D eigenvalue weighted by molar-refractivity contribution is -0.384. The molecule has 4 rings (SSSR count). The van der Waals surface area contributed by atoms with Crippen molar-refractivity contribution in [3.8, 4) is 11.4 Å². The largest absolute Gasteiger partial charge is 0.416 e. The summed E-state index contributed by atoms with van der Waals surface area (Å²) < 4.78 is 41.9. The Morgan fingerprint density at radius 3 is 2.48 bits per heavy atom. The Morgan fingerprint density at radius 1 is 1.18 bits per heavy atom. The fourth-order valence-electron chi connectivity index (χ4n) is 3.37. The summed E-state index contributed by atoms with van der Waals surface area (Å²) in [4.78, 5) is 35.2. The Hall–Kier alpha value is -3.96. The first-order chi connectivity index (χ1) is 15.6. The third kappa shape index (κ3) is 4.78. The summed E-state index contributed by atoms with van der Waals surface area (Å²) in [5, 5.41) is 17.5. The molecule has 1 N–H and O–H groups in total. The van der Waals surface area contributed by atoms with E-state index in [2.05, 4.69) is 10.4 Å². The van der Waals surface area contributed by atoms with Gasteiger partial charge in [-0.2, -0.15) is 13.2 Å². The highest BCUT2D eigenvalue weighted by atomic mass is 19.4. The lowest BCUT2D eigenvalue weighted by atomic mass is 10.1. The van der Waals surface area contributed by atoms with Gasteiger partial charge in [-0.3, -0.25) is 19.5 Å². The van der Waals surface area contributed by atoms with Crippen LogP contribution in [0.4, 0.5) is 18.9 Å². The van der Waals surface area contributed by atoms with E-state index < -0.39 is 28.3 Å². The molecule has 0 radical (unpaired) electrons. The van der Waals surface area contributed by atoms with Crippen molar-refractivity contribution >= 4 is 11.6 Å². The van der Waals surface area contributed by atoms with Crippen molar-refractivity contribution in [2.45, 2.75) is 31.6 Å². The minimum Gasteiger partial charge on any atom is -0.350 e. The molecule has 0 saturated heterocycles. The number of carbonyl (C=O) groups excluding carboxylic acids is 1. The molecule has 33 heavy (non-hydrogen) atoms. The number of nitrogens with zero attached hydrogens (tertiary/aromatic N) is 4. The number of benzene rings is 2. The first-order valence-electron chi connectivity index (χ1n) is 10.0. The third-order valence-corrected chi connectivity index (χ3v) is 5.18. The van der Waals surface area contributed by atoms with Crippen molar-refractivity contribution in [2.75, 3.05) is 6.54 Å². The van der Waals surface area contributed by atoms with Crippen LogP contribution < -0.4 is 11.0 Å². The minimum absolute atomic E-state index is 0.00321. The van der Waals surface area contributed by atoms with Crippen molar-refractivity contribution in [1.82, 2.24) is 19.7 Å². The van der Waals surface area contributed by atoms with Gasteiger partial charge in [0.1, 0.15) is 0 Å². The summed E-state index contributed by atoms with van der Waals surface area (Å²) in [6, 6.07) is 9.57. The van der Waals surface area contributed by atoms with Crippen LogP contribution >= 0.6 is 0 Å². The molecule has 0 spiro atoms. The minimum atomic E-state index is -4.52. The second-order valence-corrected chi connectivity index (χ2v) is 7.57. The van der Waals surface area contributed by atoms with Crippen LogP contribution in [0, 0.1) is 10.1 Å². The van der Waals surface area contributed by atoms with Crippen LogP contribution in [-0.4, -0.2) is 31.7 Å². The van der Waals surface area contributed by atoms with Crippen LogP contribution in [0.3, 0.4) is 0 Å². The molecule has 9 nitrogen and oxygen atoms in total. The SMILES string of the molecule is O=C(NCCn1nc(-c2cccc(C(F)(F)F)c2)n(C2CC2)c1=O)c1ccc([N+](=O)[O-])cc1. The number of rotatable bonds is 7. The molecular weight excluding hydrogens is 443 g/mol. The highest BCUT2D eigenvalue weighted by molar-refractivity contribution is 5.94. The normalized spacial score (nSPS) is 13.7. The fourth-order valence-corrected chi connectivity index (χ4v) is 3.37. The van der Waals surface area contributed by atoms with Gasteiger partial charge in [0, 0.05) is 35.8 Å². The maximum absolute atomic E-state index is 13.1. The second-order valence-electron chi connectivity index (χ2n) is 7.57. The summed E-state index contributed by atoms with van der Waals surface area (Å²) in [5.41, 5.74) is -1.05. The molecule has 1 aromatic heterocycles. The smallest absolute Gasteiger partial charge is 0.350 e. The molecule has 172 valence electrons. The van der Waals surface area contributed by atoms with Crippen LogP contribution in [0.15, 0.2) is 53.3 Å². The van der Waals surface area contributed by atoms with E-state index in [4.69, 9.17) is 0 Å². The number of alkyl halides is 3. The predicted molar refractivity (Wildman–Crippen MR) is 111 cm³/mol. The second kappa shape index (κ2) is 8.52. The number of non-ortho nitro benzene ring substituents is 1. The lowest BCUT2D eigenvalue weighted by Crippen LogP contribution is -2.32. The van der Waals surface area contributed by atoms with Gasteiger partial charge in [-0.1, -0.05) is 12.1 Å². The van der Waals surface area contributed by atoms with Gasteiger partial charge < -0.3 is 5.32 Å². The number of halogens is 3. The Kier molecular flexibility index (Phi) is 5.75. The number of nitro groups is 1. The summed E-state index contributed by atoms with van der Waals surface area (Å²) >= 11 is 0. The van der Waals surface area contributed by atoms with Crippen molar-refractivity contribution in [1.29, 1.82) is 0 Å². The molecule has 12 heteroatoms. The number of nitrogens with one attached hydrogen (secondary N) is 1. The first kappa shape index (κ1) is 22.2. The average molecular weight is 461 g/mol. The van der Waals surface area contributed by atoms with Crippen molar-refractivity contribution in [3.63, 3.8) is 0 Å². The number of hydrogen-bond acceptors (Lipinski definition) is 5. The Bertz CT molecular complexity index is 1260. The van der Waals surface area contributed by atoms with Crippen LogP contribution in [0.5, 0.6) is 0 Å². The first-order valence-corrected chi connectivity index (χ1v) is 10.0. The highest BCUT2D eigenvalue weighted by Crippen LogP contribution is 2.37. The molecule has 1 amide bonds. The molecular formula is C21H18F3N5O4. The van der Waals surface area contributed by atoms with E-state index in [1.165, 1.54) is 41.0 Å².